The number of carboxylic acids is 2. The van der Waals surface area contributed by atoms with Gasteiger partial charge in [-0.3, -0.25) is 14.4 Å². The van der Waals surface area contributed by atoms with Crippen molar-refractivity contribution >= 4 is 17.7 Å². The van der Waals surface area contributed by atoms with Crippen molar-refractivity contribution < 1.29 is 24.6 Å². The Labute approximate surface area is 94.5 Å². The first kappa shape index (κ1) is 14.6. The van der Waals surface area contributed by atoms with Crippen molar-refractivity contribution in [3.05, 3.63) is 0 Å². The van der Waals surface area contributed by atoms with E-state index in [1.807, 2.05) is 0 Å². The molecule has 0 fully saturated rings. The van der Waals surface area contributed by atoms with Crippen LogP contribution in [0, 0.1) is 5.92 Å². The number of aliphatic carboxylic acids is 2. The lowest BCUT2D eigenvalue weighted by Gasteiger charge is -2.11. The highest BCUT2D eigenvalue weighted by Crippen LogP contribution is 2.16. The summed E-state index contributed by atoms with van der Waals surface area (Å²) in [5.74, 6) is -2.01. The molecule has 0 aromatic heterocycles. The minimum absolute atomic E-state index is 0.0107. The normalized spacial score (nSPS) is 12.1. The van der Waals surface area contributed by atoms with Crippen LogP contribution >= 0.6 is 0 Å². The third-order valence-corrected chi connectivity index (χ3v) is 2.47. The van der Waals surface area contributed by atoms with Crippen molar-refractivity contribution in [3.63, 3.8) is 0 Å². The van der Waals surface area contributed by atoms with E-state index in [9.17, 15) is 14.4 Å². The highest BCUT2D eigenvalue weighted by Gasteiger charge is 2.15. The van der Waals surface area contributed by atoms with E-state index < -0.39 is 11.9 Å². The van der Waals surface area contributed by atoms with Crippen molar-refractivity contribution in [2.75, 3.05) is 0 Å². The largest absolute Gasteiger partial charge is 0.481 e. The van der Waals surface area contributed by atoms with Crippen LogP contribution in [-0.4, -0.2) is 27.9 Å². The number of ketones is 1. The number of carbonyl (C=O) groups excluding carboxylic acids is 1. The summed E-state index contributed by atoms with van der Waals surface area (Å²) in [7, 11) is 0. The van der Waals surface area contributed by atoms with Gasteiger partial charge in [0.2, 0.25) is 0 Å². The van der Waals surface area contributed by atoms with Gasteiger partial charge in [-0.1, -0.05) is 6.42 Å². The second-order valence-corrected chi connectivity index (χ2v) is 3.88. The van der Waals surface area contributed by atoms with E-state index in [2.05, 4.69) is 0 Å². The molecule has 1 unspecified atom stereocenters. The van der Waals surface area contributed by atoms with Gasteiger partial charge >= 0.3 is 11.9 Å². The summed E-state index contributed by atoms with van der Waals surface area (Å²) in [6, 6.07) is 0. The predicted molar refractivity (Wildman–Crippen MR) is 57.1 cm³/mol. The maximum Gasteiger partial charge on any atom is 0.303 e. The average molecular weight is 230 g/mol. The molecule has 5 nitrogen and oxygen atoms in total. The molecule has 0 aromatic rings. The SMILES string of the molecule is CC(=O)C(CCCCC(=O)O)CCC(=O)O. The Morgan fingerprint density at radius 3 is 1.94 bits per heavy atom. The van der Waals surface area contributed by atoms with Gasteiger partial charge in [-0.05, 0) is 26.2 Å². The molecule has 0 spiro atoms. The van der Waals surface area contributed by atoms with E-state index in [1.165, 1.54) is 6.92 Å². The van der Waals surface area contributed by atoms with Gasteiger partial charge < -0.3 is 10.2 Å². The summed E-state index contributed by atoms with van der Waals surface area (Å²) in [5, 5.41) is 16.9. The summed E-state index contributed by atoms with van der Waals surface area (Å²) in [4.78, 5) is 31.8. The Balaban J connectivity index is 3.81. The van der Waals surface area contributed by atoms with Crippen LogP contribution in [0.15, 0.2) is 0 Å². The first-order valence-electron chi connectivity index (χ1n) is 5.37. The highest BCUT2D eigenvalue weighted by atomic mass is 16.4. The Kier molecular flexibility index (Phi) is 7.16. The smallest absolute Gasteiger partial charge is 0.303 e. The van der Waals surface area contributed by atoms with E-state index in [4.69, 9.17) is 10.2 Å². The Morgan fingerprint density at radius 2 is 1.50 bits per heavy atom. The fourth-order valence-corrected chi connectivity index (χ4v) is 1.52. The number of carbonyl (C=O) groups is 3. The van der Waals surface area contributed by atoms with E-state index in [0.717, 1.165) is 0 Å². The zero-order valence-corrected chi connectivity index (χ0v) is 9.44. The number of hydrogen-bond donors (Lipinski definition) is 2. The molecule has 0 radical (unpaired) electrons. The molecule has 0 saturated carbocycles. The van der Waals surface area contributed by atoms with E-state index in [0.29, 0.717) is 25.7 Å². The minimum atomic E-state index is -0.906. The van der Waals surface area contributed by atoms with Crippen molar-refractivity contribution in [2.24, 2.45) is 5.92 Å². The first-order chi connectivity index (χ1) is 7.43. The van der Waals surface area contributed by atoms with Crippen molar-refractivity contribution in [3.8, 4) is 0 Å². The van der Waals surface area contributed by atoms with E-state index in [1.54, 1.807) is 0 Å². The Morgan fingerprint density at radius 1 is 0.938 bits per heavy atom. The van der Waals surface area contributed by atoms with Crippen LogP contribution in [0.2, 0.25) is 0 Å². The number of Topliss-reactive ketones (excluding diaryl/α,β-unsaturated/α-hetero) is 1. The molecule has 0 aromatic carbocycles. The second kappa shape index (κ2) is 7.84. The molecule has 0 bridgehead atoms. The van der Waals surface area contributed by atoms with E-state index in [-0.39, 0.29) is 24.5 Å². The van der Waals surface area contributed by atoms with Gasteiger partial charge in [-0.25, -0.2) is 0 Å². The van der Waals surface area contributed by atoms with Crippen LogP contribution in [0.3, 0.4) is 0 Å². The number of unbranched alkanes of at least 4 members (excludes halogenated alkanes) is 1. The van der Waals surface area contributed by atoms with Crippen molar-refractivity contribution in [2.45, 2.75) is 45.4 Å². The van der Waals surface area contributed by atoms with Crippen LogP contribution in [0.25, 0.3) is 0 Å². The molecule has 0 saturated heterocycles. The lowest BCUT2D eigenvalue weighted by molar-refractivity contribution is -0.138. The number of rotatable bonds is 9. The van der Waals surface area contributed by atoms with Crippen LogP contribution in [-0.2, 0) is 14.4 Å². The molecule has 92 valence electrons. The summed E-state index contributed by atoms with van der Waals surface area (Å²) < 4.78 is 0. The number of carboxylic acid groups (broad SMARTS) is 2. The van der Waals surface area contributed by atoms with Gasteiger partial charge in [-0.15, -0.1) is 0 Å². The lowest BCUT2D eigenvalue weighted by Crippen LogP contribution is -2.13. The van der Waals surface area contributed by atoms with Crippen molar-refractivity contribution in [1.29, 1.82) is 0 Å². The van der Waals surface area contributed by atoms with Gasteiger partial charge in [0, 0.05) is 18.8 Å². The third kappa shape index (κ3) is 7.96. The summed E-state index contributed by atoms with van der Waals surface area (Å²) in [6.45, 7) is 1.45. The third-order valence-electron chi connectivity index (χ3n) is 2.47. The quantitative estimate of drug-likeness (QED) is 0.588. The lowest BCUT2D eigenvalue weighted by atomic mass is 9.93. The predicted octanol–water partition coefficient (Wildman–Crippen LogP) is 1.70. The molecule has 0 aliphatic heterocycles. The fourth-order valence-electron chi connectivity index (χ4n) is 1.52. The maximum atomic E-state index is 11.2. The molecule has 16 heavy (non-hydrogen) atoms. The van der Waals surface area contributed by atoms with Gasteiger partial charge in [0.15, 0.2) is 0 Å². The van der Waals surface area contributed by atoms with Crippen LogP contribution in [0.1, 0.15) is 45.4 Å². The summed E-state index contributed by atoms with van der Waals surface area (Å²) >= 11 is 0. The molecular weight excluding hydrogens is 212 g/mol. The molecule has 1 atom stereocenters. The average Bonchev–Trinajstić information content (AvgIpc) is 2.15. The van der Waals surface area contributed by atoms with E-state index >= 15 is 0 Å². The molecule has 0 amide bonds. The fraction of sp³-hybridized carbons (Fsp3) is 0.727. The van der Waals surface area contributed by atoms with Crippen LogP contribution < -0.4 is 0 Å². The molecule has 5 heteroatoms. The molecule has 0 rings (SSSR count). The van der Waals surface area contributed by atoms with Crippen LogP contribution in [0.5, 0.6) is 0 Å². The number of hydrogen-bond acceptors (Lipinski definition) is 3. The monoisotopic (exact) mass is 230 g/mol. The first-order valence-corrected chi connectivity index (χ1v) is 5.37. The van der Waals surface area contributed by atoms with Gasteiger partial charge in [0.05, 0.1) is 0 Å². The molecule has 0 aliphatic rings. The molecule has 0 heterocycles. The molecule has 0 aliphatic carbocycles. The van der Waals surface area contributed by atoms with Crippen LogP contribution in [0.4, 0.5) is 0 Å². The highest BCUT2D eigenvalue weighted by molar-refractivity contribution is 5.79. The minimum Gasteiger partial charge on any atom is -0.481 e. The molecular formula is C11H18O5. The standard InChI is InChI=1S/C11H18O5/c1-8(12)9(6-7-11(15)16)4-2-3-5-10(13)14/h9H,2-7H2,1H3,(H,13,14)(H,15,16). The van der Waals surface area contributed by atoms with Gasteiger partial charge in [-0.2, -0.15) is 0 Å². The Hall–Kier alpha value is -1.39. The Bertz CT molecular complexity index is 259. The zero-order valence-electron chi connectivity index (χ0n) is 9.44. The summed E-state index contributed by atoms with van der Waals surface area (Å²) in [6.07, 6.45) is 2.20. The second-order valence-electron chi connectivity index (χ2n) is 3.88. The maximum absolute atomic E-state index is 11.2. The topological polar surface area (TPSA) is 91.7 Å². The van der Waals surface area contributed by atoms with Crippen molar-refractivity contribution in [1.82, 2.24) is 0 Å². The zero-order chi connectivity index (χ0) is 12.6. The molecule has 2 N–H and O–H groups in total. The van der Waals surface area contributed by atoms with Gasteiger partial charge in [0.1, 0.15) is 5.78 Å². The van der Waals surface area contributed by atoms with Gasteiger partial charge in [0.25, 0.3) is 0 Å². The summed E-state index contributed by atoms with van der Waals surface area (Å²) in [5.41, 5.74) is 0.